The second-order valence-electron chi connectivity index (χ2n) is 18.1. The fourth-order valence-electron chi connectivity index (χ4n) is 9.11. The maximum absolute atomic E-state index is 13.3. The average Bonchev–Trinajstić information content (AvgIpc) is 3.57. The van der Waals surface area contributed by atoms with E-state index in [-0.39, 0.29) is 42.1 Å². The van der Waals surface area contributed by atoms with Crippen molar-refractivity contribution < 1.29 is 53.0 Å². The lowest BCUT2D eigenvalue weighted by Crippen LogP contribution is -2.49. The first kappa shape index (κ1) is 61.3. The van der Waals surface area contributed by atoms with Crippen molar-refractivity contribution in [2.45, 2.75) is 13.2 Å². The van der Waals surface area contributed by atoms with Crippen LogP contribution in [-0.4, -0.2) is 142 Å². The molecule has 0 saturated carbocycles. The van der Waals surface area contributed by atoms with Crippen molar-refractivity contribution in [3.63, 3.8) is 0 Å². The molecular weight excluding hydrogens is 1080 g/mol. The number of nitrogens with two attached hydrogens (primary N) is 2. The molecule has 0 aliphatic carbocycles. The summed E-state index contributed by atoms with van der Waals surface area (Å²) < 4.78 is 44.4. The Morgan fingerprint density at radius 3 is 1.07 bits per heavy atom. The van der Waals surface area contributed by atoms with Crippen LogP contribution in [0.2, 0.25) is 0 Å². The summed E-state index contributed by atoms with van der Waals surface area (Å²) in [5.41, 5.74) is 17.0. The van der Waals surface area contributed by atoms with E-state index in [1.54, 1.807) is 103 Å². The average molecular weight is 1150 g/mol. The molecule has 8 aromatic rings. The van der Waals surface area contributed by atoms with Gasteiger partial charge in [-0.05, 0) is 59.7 Å². The molecule has 2 saturated heterocycles. The number of methoxy groups -OCH3 is 6. The highest BCUT2D eigenvalue weighted by molar-refractivity contribution is 5.96. The zero-order valence-electron chi connectivity index (χ0n) is 45.7. The number of aromatic nitrogens is 4. The van der Waals surface area contributed by atoms with Gasteiger partial charge in [0.25, 0.3) is 11.8 Å². The van der Waals surface area contributed by atoms with Gasteiger partial charge in [0.15, 0.2) is 46.0 Å². The molecule has 0 spiro atoms. The van der Waals surface area contributed by atoms with Gasteiger partial charge in [-0.1, -0.05) is 60.7 Å². The molecule has 2 aliphatic heterocycles. The molecule has 6 N–H and O–H groups in total. The zero-order valence-corrected chi connectivity index (χ0v) is 47.4. The van der Waals surface area contributed by atoms with Gasteiger partial charge in [0.2, 0.25) is 11.9 Å². The zero-order chi connectivity index (χ0) is 54.7. The van der Waals surface area contributed by atoms with Crippen LogP contribution < -0.4 is 59.2 Å². The molecule has 81 heavy (non-hydrogen) atoms. The summed E-state index contributed by atoms with van der Waals surface area (Å²) in [5, 5.41) is 1.38. The second kappa shape index (κ2) is 28.3. The molecular formula is C58H66Cl2N10O11. The summed E-state index contributed by atoms with van der Waals surface area (Å²) >= 11 is 0. The van der Waals surface area contributed by atoms with Gasteiger partial charge in [-0.15, -0.1) is 24.8 Å². The number of hydrogen-bond acceptors (Lipinski definition) is 18. The first-order valence-electron chi connectivity index (χ1n) is 25.2. The van der Waals surface area contributed by atoms with E-state index in [0.717, 1.165) is 11.1 Å². The highest BCUT2D eigenvalue weighted by Crippen LogP contribution is 2.37. The van der Waals surface area contributed by atoms with Gasteiger partial charge in [0.05, 0.1) is 53.7 Å². The summed E-state index contributed by atoms with van der Waals surface area (Å²) in [6.45, 7) is 5.16. The Balaban J connectivity index is 0.000000252. The number of carbonyl (C=O) groups is 2. The van der Waals surface area contributed by atoms with E-state index >= 15 is 0 Å². The number of fused-ring (bicyclic) bond motifs is 2. The van der Waals surface area contributed by atoms with E-state index < -0.39 is 0 Å². The quantitative estimate of drug-likeness (QED) is 0.0945. The number of amides is 2. The van der Waals surface area contributed by atoms with Crippen molar-refractivity contribution in [2.75, 3.05) is 116 Å². The van der Waals surface area contributed by atoms with Gasteiger partial charge in [-0.2, -0.15) is 9.97 Å². The molecule has 21 nitrogen and oxygen atoms in total. The molecule has 2 aliphatic rings. The van der Waals surface area contributed by atoms with Gasteiger partial charge >= 0.3 is 0 Å². The van der Waals surface area contributed by atoms with Crippen LogP contribution in [0.15, 0.2) is 121 Å². The topological polar surface area (TPSA) is 256 Å². The number of nitrogens with zero attached hydrogens (tertiary/aromatic N) is 8. The Morgan fingerprint density at radius 2 is 0.741 bits per heavy atom. The minimum Gasteiger partial charge on any atom is -0.493 e. The first-order valence-corrected chi connectivity index (χ1v) is 25.2. The van der Waals surface area contributed by atoms with E-state index in [1.807, 2.05) is 80.3 Å². The van der Waals surface area contributed by atoms with Crippen molar-refractivity contribution in [2.24, 2.45) is 0 Å². The summed E-state index contributed by atoms with van der Waals surface area (Å²) in [7, 11) is 9.43. The fourth-order valence-corrected chi connectivity index (χ4v) is 9.11. The van der Waals surface area contributed by atoms with Crippen LogP contribution in [0.3, 0.4) is 0 Å². The minimum atomic E-state index is -0.0710. The monoisotopic (exact) mass is 1150 g/mol. The van der Waals surface area contributed by atoms with Gasteiger partial charge < -0.3 is 74.4 Å². The Hall–Kier alpha value is -8.92. The fraction of sp³-hybridized carbons (Fsp3) is 0.276. The predicted molar refractivity (Wildman–Crippen MR) is 316 cm³/mol. The number of hydrogen-bond donors (Lipinski definition) is 2. The standard InChI is InChI=1S/2C29H31N5O5.2ClH.H2O/c2*1-36-24-15-20(9-10-23(24)39-18-19-7-5-4-6-8-19)28(35)33-11-13-34(14-12-33)29-31-22-17-26(38-3)25(37-2)16-21(22)27(30)32-29;;;/h2*4-10,15-17H,11-14,18H2,1-3H3,(H2,30,31,32);2*1H;1H2. The molecule has 23 heteroatoms. The van der Waals surface area contributed by atoms with Crippen molar-refractivity contribution >= 4 is 82.0 Å². The van der Waals surface area contributed by atoms with Crippen LogP contribution in [0.25, 0.3) is 21.8 Å². The summed E-state index contributed by atoms with van der Waals surface area (Å²) in [5.74, 6) is 6.06. The van der Waals surface area contributed by atoms with E-state index in [2.05, 4.69) is 9.97 Å². The number of nitrogen functional groups attached to an aromatic ring is 2. The lowest BCUT2D eigenvalue weighted by molar-refractivity contribution is 0.0738. The maximum atomic E-state index is 13.3. The van der Waals surface area contributed by atoms with Crippen molar-refractivity contribution in [3.05, 3.63) is 144 Å². The van der Waals surface area contributed by atoms with Gasteiger partial charge in [-0.3, -0.25) is 9.59 Å². The van der Waals surface area contributed by atoms with Crippen LogP contribution >= 0.6 is 24.8 Å². The Morgan fingerprint density at radius 1 is 0.420 bits per heavy atom. The van der Waals surface area contributed by atoms with Crippen LogP contribution in [0.5, 0.6) is 46.0 Å². The lowest BCUT2D eigenvalue weighted by Gasteiger charge is -2.35. The van der Waals surface area contributed by atoms with Gasteiger partial charge in [-0.25, -0.2) is 9.97 Å². The Bertz CT molecular complexity index is 3190. The highest BCUT2D eigenvalue weighted by atomic mass is 35.5. The third kappa shape index (κ3) is 14.1. The molecule has 0 radical (unpaired) electrons. The molecule has 2 fully saturated rings. The molecule has 10 rings (SSSR count). The largest absolute Gasteiger partial charge is 0.493 e. The van der Waals surface area contributed by atoms with E-state index in [1.165, 1.54) is 0 Å². The van der Waals surface area contributed by atoms with Gasteiger partial charge in [0, 0.05) is 86.4 Å². The summed E-state index contributed by atoms with van der Waals surface area (Å²) in [6.07, 6.45) is 0. The second-order valence-corrected chi connectivity index (χ2v) is 18.1. The third-order valence-corrected chi connectivity index (χ3v) is 13.4. The van der Waals surface area contributed by atoms with Crippen LogP contribution in [0, 0.1) is 0 Å². The normalized spacial score (nSPS) is 12.8. The number of halogens is 2. The number of carbonyl (C=O) groups excluding carboxylic acids is 2. The SMILES string of the molecule is COc1cc2nc(N3CCN(C(=O)c4ccc(OCc5ccccc5)c(OC)c4)CC3)nc(N)c2cc1OC.COc1cc2nc(N3CCN(C(=O)c4ccc(OCc5ccccc5)c(OC)c4)CC3)nc(N)c2cc1OC.Cl.Cl.O. The smallest absolute Gasteiger partial charge is 0.254 e. The van der Waals surface area contributed by atoms with E-state index in [4.69, 9.17) is 59.3 Å². The summed E-state index contributed by atoms with van der Waals surface area (Å²) in [4.78, 5) is 52.7. The molecule has 6 aromatic carbocycles. The van der Waals surface area contributed by atoms with Crippen molar-refractivity contribution in [1.29, 1.82) is 0 Å². The van der Waals surface area contributed by atoms with Gasteiger partial charge in [0.1, 0.15) is 24.8 Å². The molecule has 428 valence electrons. The summed E-state index contributed by atoms with van der Waals surface area (Å²) in [6, 6.07) is 37.4. The van der Waals surface area contributed by atoms with E-state index in [0.29, 0.717) is 168 Å². The third-order valence-electron chi connectivity index (χ3n) is 13.4. The van der Waals surface area contributed by atoms with Crippen LogP contribution in [0.4, 0.5) is 23.5 Å². The molecule has 2 aromatic heterocycles. The molecule has 0 unspecified atom stereocenters. The molecule has 2 amide bonds. The minimum absolute atomic E-state index is 0. The van der Waals surface area contributed by atoms with Crippen molar-refractivity contribution in [3.8, 4) is 46.0 Å². The number of piperazine rings is 2. The number of rotatable bonds is 16. The molecule has 0 bridgehead atoms. The number of anilines is 4. The maximum Gasteiger partial charge on any atom is 0.254 e. The Kier molecular flexibility index (Phi) is 21.4. The molecule has 0 atom stereocenters. The van der Waals surface area contributed by atoms with Crippen LogP contribution in [-0.2, 0) is 13.2 Å². The van der Waals surface area contributed by atoms with E-state index in [9.17, 15) is 9.59 Å². The highest BCUT2D eigenvalue weighted by Gasteiger charge is 2.28. The first-order chi connectivity index (χ1) is 38.0. The lowest BCUT2D eigenvalue weighted by atomic mass is 10.1. The van der Waals surface area contributed by atoms with Crippen molar-refractivity contribution in [1.82, 2.24) is 29.7 Å². The van der Waals surface area contributed by atoms with Crippen LogP contribution in [0.1, 0.15) is 31.8 Å². The number of ether oxygens (including phenoxy) is 8. The Labute approximate surface area is 481 Å². The predicted octanol–water partition coefficient (Wildman–Crippen LogP) is 7.58. The number of benzene rings is 6. The molecule has 4 heterocycles.